The molecule has 2 aliphatic rings. The van der Waals surface area contributed by atoms with Crippen molar-refractivity contribution in [2.24, 2.45) is 5.92 Å². The summed E-state index contributed by atoms with van der Waals surface area (Å²) >= 11 is 0. The number of hydrogen-bond donors (Lipinski definition) is 1. The highest BCUT2D eigenvalue weighted by atomic mass is 19.1. The summed E-state index contributed by atoms with van der Waals surface area (Å²) in [5.41, 5.74) is -0.0792. The lowest BCUT2D eigenvalue weighted by Crippen LogP contribution is -2.54. The normalized spacial score (nSPS) is 25.2. The van der Waals surface area contributed by atoms with E-state index in [0.717, 1.165) is 18.6 Å². The number of nitrogens with one attached hydrogen (secondary N) is 1. The highest BCUT2D eigenvalue weighted by molar-refractivity contribution is 5.77. The van der Waals surface area contributed by atoms with Crippen molar-refractivity contribution in [1.29, 1.82) is 0 Å². The Balaban J connectivity index is 1.83. The van der Waals surface area contributed by atoms with Crippen LogP contribution in [0.15, 0.2) is 12.1 Å². The van der Waals surface area contributed by atoms with E-state index in [1.165, 1.54) is 0 Å². The quantitative estimate of drug-likeness (QED) is 0.847. The van der Waals surface area contributed by atoms with E-state index in [1.54, 1.807) is 4.90 Å². The van der Waals surface area contributed by atoms with Gasteiger partial charge in [-0.15, -0.1) is 0 Å². The number of anilines is 1. The largest absolute Gasteiger partial charge is 0.366 e. The Bertz CT molecular complexity index is 568. The molecule has 0 aliphatic carbocycles. The first-order valence-corrected chi connectivity index (χ1v) is 7.07. The number of fused-ring (bicyclic) bond motifs is 1. The van der Waals surface area contributed by atoms with Gasteiger partial charge in [0.1, 0.15) is 23.6 Å². The van der Waals surface area contributed by atoms with Crippen molar-refractivity contribution in [3.8, 4) is 0 Å². The van der Waals surface area contributed by atoms with Gasteiger partial charge >= 0.3 is 0 Å². The monoisotopic (exact) mass is 294 g/mol. The summed E-state index contributed by atoms with van der Waals surface area (Å²) in [4.78, 5) is 23.7. The van der Waals surface area contributed by atoms with Gasteiger partial charge in [-0.3, -0.25) is 9.59 Å². The molecule has 21 heavy (non-hydrogen) atoms. The van der Waals surface area contributed by atoms with E-state index in [-0.39, 0.29) is 29.1 Å². The lowest BCUT2D eigenvalue weighted by Gasteiger charge is -2.42. The van der Waals surface area contributed by atoms with Crippen LogP contribution in [0.3, 0.4) is 0 Å². The minimum atomic E-state index is -0.713. The van der Waals surface area contributed by atoms with Crippen LogP contribution in [0.4, 0.5) is 14.5 Å². The molecule has 0 saturated carbocycles. The third-order valence-electron chi connectivity index (χ3n) is 4.31. The van der Waals surface area contributed by atoms with Gasteiger partial charge in [-0.05, 0) is 30.9 Å². The van der Waals surface area contributed by atoms with Crippen LogP contribution in [0.25, 0.3) is 0 Å². The molecule has 2 unspecified atom stereocenters. The van der Waals surface area contributed by atoms with Crippen LogP contribution in [0.5, 0.6) is 0 Å². The van der Waals surface area contributed by atoms with Gasteiger partial charge in [0.2, 0.25) is 5.91 Å². The van der Waals surface area contributed by atoms with E-state index >= 15 is 0 Å². The fourth-order valence-electron chi connectivity index (χ4n) is 3.27. The van der Waals surface area contributed by atoms with Gasteiger partial charge in [0, 0.05) is 31.1 Å². The van der Waals surface area contributed by atoms with E-state index < -0.39 is 11.6 Å². The molecule has 2 atom stereocenters. The second kappa shape index (κ2) is 5.42. The molecule has 112 valence electrons. The number of piperidine rings is 2. The first-order valence-electron chi connectivity index (χ1n) is 7.07. The molecule has 1 N–H and O–H groups in total. The number of nitrogens with zero attached hydrogens (tertiary/aromatic N) is 1. The summed E-state index contributed by atoms with van der Waals surface area (Å²) in [5.74, 6) is -1.16. The van der Waals surface area contributed by atoms with Crippen molar-refractivity contribution in [2.75, 3.05) is 18.0 Å². The SMILES string of the molecule is O=Cc1cc(F)c(N2CCC3NC(=O)CCC3C2)c(F)c1. The molecule has 1 aromatic rings. The van der Waals surface area contributed by atoms with Crippen LogP contribution in [0.1, 0.15) is 29.6 Å². The maximum atomic E-state index is 14.1. The smallest absolute Gasteiger partial charge is 0.220 e. The first kappa shape index (κ1) is 14.0. The Hall–Kier alpha value is -1.98. The summed E-state index contributed by atoms with van der Waals surface area (Å²) in [6.07, 6.45) is 2.30. The van der Waals surface area contributed by atoms with Crippen molar-refractivity contribution in [1.82, 2.24) is 5.32 Å². The van der Waals surface area contributed by atoms with Crippen molar-refractivity contribution in [3.63, 3.8) is 0 Å². The lowest BCUT2D eigenvalue weighted by atomic mass is 9.85. The second-order valence-electron chi connectivity index (χ2n) is 5.66. The van der Waals surface area contributed by atoms with Crippen LogP contribution in [0.2, 0.25) is 0 Å². The number of rotatable bonds is 2. The van der Waals surface area contributed by atoms with Crippen molar-refractivity contribution in [3.05, 3.63) is 29.3 Å². The fraction of sp³-hybridized carbons (Fsp3) is 0.467. The summed E-state index contributed by atoms with van der Waals surface area (Å²) in [6.45, 7) is 0.995. The average Bonchev–Trinajstić information content (AvgIpc) is 2.46. The summed E-state index contributed by atoms with van der Waals surface area (Å²) in [7, 11) is 0. The first-order chi connectivity index (χ1) is 10.1. The standard InChI is InChI=1S/C15H16F2N2O2/c16-11-5-9(8-20)6-12(17)15(11)19-4-3-13-10(7-19)1-2-14(21)18-13/h5-6,8,10,13H,1-4,7H2,(H,18,21). The number of halogens is 2. The number of amides is 1. The van der Waals surface area contributed by atoms with Crippen LogP contribution < -0.4 is 10.2 Å². The predicted octanol–water partition coefficient (Wildman–Crippen LogP) is 1.88. The van der Waals surface area contributed by atoms with Gasteiger partial charge in [0.15, 0.2) is 0 Å². The zero-order valence-corrected chi connectivity index (χ0v) is 11.4. The number of carbonyl (C=O) groups is 2. The topological polar surface area (TPSA) is 49.4 Å². The molecule has 0 radical (unpaired) electrons. The van der Waals surface area contributed by atoms with E-state index in [4.69, 9.17) is 0 Å². The average molecular weight is 294 g/mol. The van der Waals surface area contributed by atoms with Crippen molar-refractivity contribution < 1.29 is 18.4 Å². The molecular weight excluding hydrogens is 278 g/mol. The Labute approximate surface area is 121 Å². The third-order valence-corrected chi connectivity index (χ3v) is 4.31. The van der Waals surface area contributed by atoms with Gasteiger partial charge in [0.25, 0.3) is 0 Å². The van der Waals surface area contributed by atoms with Gasteiger partial charge in [-0.1, -0.05) is 0 Å². The summed E-state index contributed by atoms with van der Waals surface area (Å²) < 4.78 is 28.1. The molecule has 2 fully saturated rings. The van der Waals surface area contributed by atoms with Crippen LogP contribution in [0, 0.1) is 17.6 Å². The zero-order chi connectivity index (χ0) is 15.0. The number of hydrogen-bond acceptors (Lipinski definition) is 3. The third kappa shape index (κ3) is 2.62. The van der Waals surface area contributed by atoms with Crippen molar-refractivity contribution >= 4 is 17.9 Å². The van der Waals surface area contributed by atoms with Crippen LogP contribution >= 0.6 is 0 Å². The van der Waals surface area contributed by atoms with Gasteiger partial charge < -0.3 is 10.2 Å². The highest BCUT2D eigenvalue weighted by Crippen LogP contribution is 2.32. The molecule has 2 aliphatic heterocycles. The molecule has 1 amide bonds. The molecular formula is C15H16F2N2O2. The van der Waals surface area contributed by atoms with Gasteiger partial charge in [-0.25, -0.2) is 8.78 Å². The molecule has 2 saturated heterocycles. The van der Waals surface area contributed by atoms with E-state index in [9.17, 15) is 18.4 Å². The molecule has 6 heteroatoms. The number of benzene rings is 1. The van der Waals surface area contributed by atoms with Gasteiger partial charge in [-0.2, -0.15) is 0 Å². The summed E-state index contributed by atoms with van der Waals surface area (Å²) in [5, 5.41) is 2.94. The maximum absolute atomic E-state index is 14.1. The van der Waals surface area contributed by atoms with E-state index in [2.05, 4.69) is 5.32 Å². The van der Waals surface area contributed by atoms with Crippen molar-refractivity contribution in [2.45, 2.75) is 25.3 Å². The minimum Gasteiger partial charge on any atom is -0.366 e. The Morgan fingerprint density at radius 3 is 2.62 bits per heavy atom. The van der Waals surface area contributed by atoms with E-state index in [0.29, 0.717) is 32.2 Å². The van der Waals surface area contributed by atoms with Crippen LogP contribution in [-0.2, 0) is 4.79 Å². The molecule has 3 rings (SSSR count). The molecule has 0 spiro atoms. The van der Waals surface area contributed by atoms with E-state index in [1.807, 2.05) is 0 Å². The highest BCUT2D eigenvalue weighted by Gasteiger charge is 2.35. The second-order valence-corrected chi connectivity index (χ2v) is 5.66. The number of carbonyl (C=O) groups excluding carboxylic acids is 2. The summed E-state index contributed by atoms with van der Waals surface area (Å²) in [6, 6.07) is 2.21. The molecule has 0 aromatic heterocycles. The maximum Gasteiger partial charge on any atom is 0.220 e. The Morgan fingerprint density at radius 2 is 1.95 bits per heavy atom. The fourth-order valence-corrected chi connectivity index (χ4v) is 3.27. The molecule has 1 aromatic carbocycles. The Kier molecular flexibility index (Phi) is 3.61. The lowest BCUT2D eigenvalue weighted by molar-refractivity contribution is -0.124. The molecule has 0 bridgehead atoms. The van der Waals surface area contributed by atoms with Gasteiger partial charge in [0.05, 0.1) is 0 Å². The Morgan fingerprint density at radius 1 is 1.24 bits per heavy atom. The van der Waals surface area contributed by atoms with Crippen LogP contribution in [-0.4, -0.2) is 31.3 Å². The zero-order valence-electron chi connectivity index (χ0n) is 11.4. The molecule has 4 nitrogen and oxygen atoms in total. The molecule has 2 heterocycles. The predicted molar refractivity (Wildman–Crippen MR) is 73.2 cm³/mol. The minimum absolute atomic E-state index is 0.00596. The number of aldehydes is 1.